The fourth-order valence-electron chi connectivity index (χ4n) is 6.90. The number of ketones is 1. The van der Waals surface area contributed by atoms with Crippen molar-refractivity contribution in [2.75, 3.05) is 6.61 Å². The molecule has 1 unspecified atom stereocenters. The molecule has 1 saturated heterocycles. The molecule has 204 valence electrons. The van der Waals surface area contributed by atoms with Crippen LogP contribution in [0.4, 0.5) is 4.79 Å². The van der Waals surface area contributed by atoms with E-state index < -0.39 is 64.1 Å². The normalized spacial score (nSPS) is 40.4. The van der Waals surface area contributed by atoms with E-state index in [1.54, 1.807) is 19.9 Å². The average Bonchev–Trinajstić information content (AvgIpc) is 3.33. The third-order valence-corrected chi connectivity index (χ3v) is 8.89. The molecule has 3 rings (SSSR count). The second kappa shape index (κ2) is 10.0. The second-order valence-corrected chi connectivity index (χ2v) is 11.7. The minimum absolute atomic E-state index is 0.0373. The van der Waals surface area contributed by atoms with Crippen molar-refractivity contribution in [1.29, 1.82) is 0 Å². The Morgan fingerprint density at radius 2 is 1.89 bits per heavy atom. The predicted molar refractivity (Wildman–Crippen MR) is 128 cm³/mol. The lowest BCUT2D eigenvalue weighted by molar-refractivity contribution is -0.362. The highest BCUT2D eigenvalue weighted by Gasteiger charge is 2.76. The van der Waals surface area contributed by atoms with Crippen LogP contribution in [0, 0.1) is 28.6 Å². The Balaban J connectivity index is 1.96. The van der Waals surface area contributed by atoms with Crippen LogP contribution in [0.2, 0.25) is 0 Å². The first-order valence-corrected chi connectivity index (χ1v) is 12.7. The van der Waals surface area contributed by atoms with Crippen molar-refractivity contribution in [2.24, 2.45) is 28.6 Å². The van der Waals surface area contributed by atoms with Gasteiger partial charge in [-0.2, -0.15) is 0 Å². The SMILES string of the molecule is C=C[C@@H](C)CC(=O)[C@@]1(O)[C@@H](C)C[C@@H](O)[C@H]2C(C)(C)CC[C@@](O)(OC(=O)NOC(=O)C3CCCO3)[C@@]21C. The number of carbonyl (C=O) groups excluding carboxylic acids is 3. The molecule has 36 heavy (non-hydrogen) atoms. The number of aliphatic hydroxyl groups is 3. The Morgan fingerprint density at radius 1 is 1.22 bits per heavy atom. The quantitative estimate of drug-likeness (QED) is 0.239. The molecule has 0 aromatic carbocycles. The van der Waals surface area contributed by atoms with E-state index in [1.165, 1.54) is 6.92 Å². The highest BCUT2D eigenvalue weighted by molar-refractivity contribution is 5.89. The fourth-order valence-corrected chi connectivity index (χ4v) is 6.90. The average molecular weight is 512 g/mol. The summed E-state index contributed by atoms with van der Waals surface area (Å²) < 4.78 is 10.7. The van der Waals surface area contributed by atoms with Crippen LogP contribution in [0.15, 0.2) is 12.7 Å². The highest BCUT2D eigenvalue weighted by atomic mass is 16.8. The van der Waals surface area contributed by atoms with Crippen LogP contribution >= 0.6 is 0 Å². The smallest absolute Gasteiger partial charge is 0.414 e. The van der Waals surface area contributed by atoms with E-state index in [1.807, 2.05) is 19.3 Å². The van der Waals surface area contributed by atoms with Crippen LogP contribution in [-0.2, 0) is 23.9 Å². The number of amides is 1. The zero-order valence-electron chi connectivity index (χ0n) is 21.9. The Bertz CT molecular complexity index is 885. The van der Waals surface area contributed by atoms with Gasteiger partial charge in [0.15, 0.2) is 11.9 Å². The first-order chi connectivity index (χ1) is 16.6. The molecular formula is C26H41NO9. The van der Waals surface area contributed by atoms with Gasteiger partial charge in [-0.05, 0) is 49.9 Å². The summed E-state index contributed by atoms with van der Waals surface area (Å²) in [6.07, 6.45) is 0.0604. The van der Waals surface area contributed by atoms with Gasteiger partial charge in [0.2, 0.25) is 5.79 Å². The lowest BCUT2D eigenvalue weighted by Gasteiger charge is -2.67. The number of hydrogen-bond acceptors (Lipinski definition) is 9. The molecule has 0 aromatic rings. The summed E-state index contributed by atoms with van der Waals surface area (Å²) in [5, 5.41) is 35.3. The number of hydroxylamine groups is 1. The molecule has 0 bridgehead atoms. The van der Waals surface area contributed by atoms with Crippen molar-refractivity contribution >= 4 is 17.8 Å². The van der Waals surface area contributed by atoms with Crippen molar-refractivity contribution in [3.8, 4) is 0 Å². The first kappa shape index (κ1) is 28.6. The van der Waals surface area contributed by atoms with Crippen LogP contribution < -0.4 is 5.48 Å². The van der Waals surface area contributed by atoms with Gasteiger partial charge in [0.05, 0.1) is 11.5 Å². The van der Waals surface area contributed by atoms with Gasteiger partial charge >= 0.3 is 12.1 Å². The third kappa shape index (κ3) is 4.57. The Kier molecular flexibility index (Phi) is 7.96. The van der Waals surface area contributed by atoms with Crippen LogP contribution in [0.5, 0.6) is 0 Å². The van der Waals surface area contributed by atoms with E-state index in [2.05, 4.69) is 6.58 Å². The van der Waals surface area contributed by atoms with Crippen molar-refractivity contribution in [2.45, 2.75) is 96.7 Å². The maximum absolute atomic E-state index is 13.7. The molecule has 3 aliphatic rings. The summed E-state index contributed by atoms with van der Waals surface area (Å²) in [6, 6.07) is 0. The Morgan fingerprint density at radius 3 is 2.47 bits per heavy atom. The summed E-state index contributed by atoms with van der Waals surface area (Å²) in [6.45, 7) is 12.9. The molecule has 0 aromatic heterocycles. The van der Waals surface area contributed by atoms with Crippen molar-refractivity contribution < 1.29 is 44.0 Å². The van der Waals surface area contributed by atoms with Crippen LogP contribution in [-0.4, -0.2) is 63.4 Å². The van der Waals surface area contributed by atoms with Crippen molar-refractivity contribution in [3.63, 3.8) is 0 Å². The Hall–Kier alpha value is -2.01. The molecule has 0 radical (unpaired) electrons. The minimum Gasteiger partial charge on any atom is -0.414 e. The van der Waals surface area contributed by atoms with Gasteiger partial charge in [-0.15, -0.1) is 12.1 Å². The molecule has 1 aliphatic heterocycles. The lowest BCUT2D eigenvalue weighted by atomic mass is 9.41. The van der Waals surface area contributed by atoms with Crippen molar-refractivity contribution in [1.82, 2.24) is 5.48 Å². The van der Waals surface area contributed by atoms with Gasteiger partial charge in [0.25, 0.3) is 0 Å². The monoisotopic (exact) mass is 511 g/mol. The van der Waals surface area contributed by atoms with E-state index in [0.29, 0.717) is 25.9 Å². The van der Waals surface area contributed by atoms with E-state index in [4.69, 9.17) is 14.3 Å². The van der Waals surface area contributed by atoms with E-state index >= 15 is 0 Å². The summed E-state index contributed by atoms with van der Waals surface area (Å²) in [7, 11) is 0. The summed E-state index contributed by atoms with van der Waals surface area (Å²) >= 11 is 0. The topological polar surface area (TPSA) is 152 Å². The van der Waals surface area contributed by atoms with Gasteiger partial charge in [0, 0.05) is 25.4 Å². The van der Waals surface area contributed by atoms with E-state index in [-0.39, 0.29) is 25.2 Å². The second-order valence-electron chi connectivity index (χ2n) is 11.7. The number of aliphatic hydroxyl groups excluding tert-OH is 1. The molecule has 10 heteroatoms. The largest absolute Gasteiger partial charge is 0.443 e. The zero-order chi connectivity index (χ0) is 27.1. The molecule has 10 nitrogen and oxygen atoms in total. The number of ether oxygens (including phenoxy) is 2. The Labute approximate surface area is 212 Å². The number of hydrogen-bond donors (Lipinski definition) is 4. The number of Topliss-reactive ketones (excluding diaryl/α,β-unsaturated/α-hetero) is 1. The molecule has 2 aliphatic carbocycles. The molecular weight excluding hydrogens is 470 g/mol. The number of nitrogens with one attached hydrogen (secondary N) is 1. The summed E-state index contributed by atoms with van der Waals surface area (Å²) in [4.78, 5) is 43.3. The highest BCUT2D eigenvalue weighted by Crippen LogP contribution is 2.66. The van der Waals surface area contributed by atoms with Gasteiger partial charge in [-0.3, -0.25) is 4.79 Å². The summed E-state index contributed by atoms with van der Waals surface area (Å²) in [5.41, 5.74) is -2.63. The molecule has 8 atom stereocenters. The van der Waals surface area contributed by atoms with Gasteiger partial charge in [-0.25, -0.2) is 9.59 Å². The maximum atomic E-state index is 13.7. The molecule has 1 heterocycles. The molecule has 4 N–H and O–H groups in total. The standard InChI is InChI=1S/C26H41NO9/c1-7-15(2)13-19(29)26(33)16(3)14-17(28)20-23(4,5)10-11-25(32,24(20,26)6)35-22(31)27-36-21(30)18-9-8-12-34-18/h7,15-18,20,28,32-33H,1,8-14H2,2-6H3,(H,27,31)/t15-,16+,17-,18?,20+,24-,25-,26+/m1/s1. The molecule has 3 fully saturated rings. The number of carbonyl (C=O) groups is 3. The molecule has 1 amide bonds. The van der Waals surface area contributed by atoms with Crippen LogP contribution in [0.25, 0.3) is 0 Å². The van der Waals surface area contributed by atoms with Crippen molar-refractivity contribution in [3.05, 3.63) is 12.7 Å². The lowest BCUT2D eigenvalue weighted by Crippen LogP contribution is -2.78. The predicted octanol–water partition coefficient (Wildman–Crippen LogP) is 2.39. The minimum atomic E-state index is -2.36. The third-order valence-electron chi connectivity index (χ3n) is 8.89. The first-order valence-electron chi connectivity index (χ1n) is 12.7. The maximum Gasteiger partial charge on any atom is 0.443 e. The van der Waals surface area contributed by atoms with Gasteiger partial charge in [-0.1, -0.05) is 33.8 Å². The van der Waals surface area contributed by atoms with E-state index in [9.17, 15) is 29.7 Å². The summed E-state index contributed by atoms with van der Waals surface area (Å²) in [5.74, 6) is -5.46. The number of fused-ring (bicyclic) bond motifs is 1. The fraction of sp³-hybridized carbons (Fsp3) is 0.808. The number of rotatable bonds is 6. The molecule has 2 saturated carbocycles. The molecule has 0 spiro atoms. The van der Waals surface area contributed by atoms with Crippen LogP contribution in [0.1, 0.15) is 73.1 Å². The van der Waals surface area contributed by atoms with Crippen LogP contribution in [0.3, 0.4) is 0 Å². The van der Waals surface area contributed by atoms with Gasteiger partial charge < -0.3 is 29.6 Å². The number of allylic oxidation sites excluding steroid dienone is 1. The zero-order valence-corrected chi connectivity index (χ0v) is 21.9. The van der Waals surface area contributed by atoms with E-state index in [0.717, 1.165) is 0 Å². The van der Waals surface area contributed by atoms with Gasteiger partial charge in [0.1, 0.15) is 5.60 Å².